The van der Waals surface area contributed by atoms with Crippen molar-refractivity contribution < 1.29 is 23.5 Å². The van der Waals surface area contributed by atoms with Crippen LogP contribution < -0.4 is 5.32 Å². The van der Waals surface area contributed by atoms with Gasteiger partial charge in [-0.05, 0) is 43.5 Å². The number of Topliss-reactive ketones (excluding diaryl/α,β-unsaturated/α-hetero) is 1. The minimum atomic E-state index is -0.639. The second-order valence-corrected chi connectivity index (χ2v) is 6.29. The third-order valence-electron chi connectivity index (χ3n) is 3.54. The number of esters is 1. The summed E-state index contributed by atoms with van der Waals surface area (Å²) < 4.78 is 10.3. The molecule has 1 aliphatic carbocycles. The maximum Gasteiger partial charge on any atom is 0.349 e. The third kappa shape index (κ3) is 3.68. The Morgan fingerprint density at radius 3 is 2.87 bits per heavy atom. The van der Waals surface area contributed by atoms with Gasteiger partial charge in [-0.3, -0.25) is 9.59 Å². The van der Waals surface area contributed by atoms with Crippen LogP contribution in [0.3, 0.4) is 0 Å². The summed E-state index contributed by atoms with van der Waals surface area (Å²) in [6.07, 6.45) is 3.56. The lowest BCUT2D eigenvalue weighted by Gasteiger charge is -2.20. The van der Waals surface area contributed by atoms with E-state index in [4.69, 9.17) is 9.15 Å². The number of carbonyl (C=O) groups is 3. The molecule has 6 nitrogen and oxygen atoms in total. The van der Waals surface area contributed by atoms with Crippen molar-refractivity contribution in [1.29, 1.82) is 0 Å². The van der Waals surface area contributed by atoms with E-state index in [1.165, 1.54) is 6.26 Å². The molecular weight excluding hydrogens is 318 g/mol. The van der Waals surface area contributed by atoms with Gasteiger partial charge in [0.2, 0.25) is 0 Å². The Morgan fingerprint density at radius 1 is 1.26 bits per heavy atom. The summed E-state index contributed by atoms with van der Waals surface area (Å²) in [5.74, 6) is -0.754. The summed E-state index contributed by atoms with van der Waals surface area (Å²) in [5, 5.41) is 3.15. The van der Waals surface area contributed by atoms with Gasteiger partial charge in [-0.25, -0.2) is 4.79 Å². The van der Waals surface area contributed by atoms with Gasteiger partial charge >= 0.3 is 5.97 Å². The Bertz CT molecular complexity index is 719. The van der Waals surface area contributed by atoms with Crippen LogP contribution in [0.15, 0.2) is 34.9 Å². The van der Waals surface area contributed by atoms with Gasteiger partial charge in [0.05, 0.1) is 11.3 Å². The lowest BCUT2D eigenvalue weighted by atomic mass is 9.96. The number of hydrogen-bond donors (Lipinski definition) is 1. The zero-order chi connectivity index (χ0) is 16.2. The molecule has 0 saturated heterocycles. The molecule has 0 spiro atoms. The molecule has 23 heavy (non-hydrogen) atoms. The van der Waals surface area contributed by atoms with E-state index in [0.717, 1.165) is 24.2 Å². The van der Waals surface area contributed by atoms with Crippen LogP contribution >= 0.6 is 11.3 Å². The summed E-state index contributed by atoms with van der Waals surface area (Å²) in [5.41, 5.74) is 0. The van der Waals surface area contributed by atoms with Gasteiger partial charge in [0.25, 0.3) is 5.91 Å². The summed E-state index contributed by atoms with van der Waals surface area (Å²) in [4.78, 5) is 36.0. The van der Waals surface area contributed by atoms with E-state index >= 15 is 0 Å². The van der Waals surface area contributed by atoms with E-state index in [-0.39, 0.29) is 17.5 Å². The fourth-order valence-corrected chi connectivity index (χ4v) is 3.14. The maximum absolute atomic E-state index is 12.1. The molecule has 0 unspecified atom stereocenters. The topological polar surface area (TPSA) is 85.6 Å². The van der Waals surface area contributed by atoms with Gasteiger partial charge in [-0.15, -0.1) is 11.3 Å². The number of anilines is 1. The smallest absolute Gasteiger partial charge is 0.349 e. The van der Waals surface area contributed by atoms with Gasteiger partial charge in [0.1, 0.15) is 4.88 Å². The molecule has 2 heterocycles. The molecule has 1 amide bonds. The standard InChI is InChI=1S/C16H15NO5S/c18-10-4-1-2-5-11(10)22-16(20)13-7-8-14(23-13)17-15(19)12-6-3-9-21-12/h3,6-9,11H,1-2,4-5H2,(H,17,19)/t11-/m0/s1. The van der Waals surface area contributed by atoms with Gasteiger partial charge in [0.15, 0.2) is 17.6 Å². The van der Waals surface area contributed by atoms with E-state index in [1.807, 2.05) is 0 Å². The van der Waals surface area contributed by atoms with E-state index in [1.54, 1.807) is 24.3 Å². The zero-order valence-corrected chi connectivity index (χ0v) is 13.1. The highest BCUT2D eigenvalue weighted by molar-refractivity contribution is 7.18. The highest BCUT2D eigenvalue weighted by Gasteiger charge is 2.26. The summed E-state index contributed by atoms with van der Waals surface area (Å²) >= 11 is 1.10. The highest BCUT2D eigenvalue weighted by atomic mass is 32.1. The molecule has 1 atom stereocenters. The molecule has 7 heteroatoms. The van der Waals surface area contributed by atoms with Gasteiger partial charge in [-0.1, -0.05) is 0 Å². The van der Waals surface area contributed by atoms with Crippen LogP contribution in [0.5, 0.6) is 0 Å². The van der Waals surface area contributed by atoms with Crippen molar-refractivity contribution in [1.82, 2.24) is 0 Å². The fourth-order valence-electron chi connectivity index (χ4n) is 2.36. The second kappa shape index (κ2) is 6.78. The first-order valence-electron chi connectivity index (χ1n) is 7.32. The Balaban J connectivity index is 1.61. The SMILES string of the molecule is O=C(Nc1ccc(C(=O)O[C@H]2CCCCC2=O)s1)c1ccco1. The number of carbonyl (C=O) groups excluding carboxylic acids is 3. The first-order chi connectivity index (χ1) is 11.1. The average molecular weight is 333 g/mol. The molecule has 1 saturated carbocycles. The fraction of sp³-hybridized carbons (Fsp3) is 0.312. The predicted octanol–water partition coefficient (Wildman–Crippen LogP) is 3.26. The van der Waals surface area contributed by atoms with E-state index in [2.05, 4.69) is 5.32 Å². The van der Waals surface area contributed by atoms with Crippen molar-refractivity contribution >= 4 is 34.0 Å². The third-order valence-corrected chi connectivity index (χ3v) is 4.52. The average Bonchev–Trinajstić information content (AvgIpc) is 3.20. The van der Waals surface area contributed by atoms with E-state index in [0.29, 0.717) is 22.7 Å². The quantitative estimate of drug-likeness (QED) is 0.868. The van der Waals surface area contributed by atoms with Crippen LogP contribution in [0.1, 0.15) is 45.9 Å². The Labute approximate surface area is 136 Å². The normalized spacial score (nSPS) is 17.7. The van der Waals surface area contributed by atoms with Crippen molar-refractivity contribution in [2.45, 2.75) is 31.8 Å². The molecule has 0 aliphatic heterocycles. The monoisotopic (exact) mass is 333 g/mol. The first kappa shape index (κ1) is 15.5. The van der Waals surface area contributed by atoms with Crippen LogP contribution in [0.2, 0.25) is 0 Å². The molecule has 3 rings (SSSR count). The number of rotatable bonds is 4. The minimum Gasteiger partial charge on any atom is -0.459 e. The molecular formula is C16H15NO5S. The number of thiophene rings is 1. The van der Waals surface area contributed by atoms with Crippen LogP contribution in [0, 0.1) is 0 Å². The summed E-state index contributed by atoms with van der Waals surface area (Å²) in [6, 6.07) is 6.35. The van der Waals surface area contributed by atoms with Crippen molar-refractivity contribution in [2.75, 3.05) is 5.32 Å². The molecule has 1 aliphatic rings. The van der Waals surface area contributed by atoms with Crippen LogP contribution in [0.25, 0.3) is 0 Å². The summed E-state index contributed by atoms with van der Waals surface area (Å²) in [6.45, 7) is 0. The molecule has 2 aromatic heterocycles. The van der Waals surface area contributed by atoms with Crippen molar-refractivity contribution in [2.24, 2.45) is 0 Å². The van der Waals surface area contributed by atoms with E-state index < -0.39 is 12.1 Å². The van der Waals surface area contributed by atoms with Crippen molar-refractivity contribution in [3.8, 4) is 0 Å². The molecule has 2 aromatic rings. The Kier molecular flexibility index (Phi) is 4.57. The van der Waals surface area contributed by atoms with Crippen molar-refractivity contribution in [3.63, 3.8) is 0 Å². The molecule has 0 radical (unpaired) electrons. The highest BCUT2D eigenvalue weighted by Crippen LogP contribution is 2.25. The lowest BCUT2D eigenvalue weighted by Crippen LogP contribution is -2.29. The van der Waals surface area contributed by atoms with Crippen LogP contribution in [-0.2, 0) is 9.53 Å². The number of ether oxygens (including phenoxy) is 1. The Morgan fingerprint density at radius 2 is 2.13 bits per heavy atom. The molecule has 1 N–H and O–H groups in total. The first-order valence-corrected chi connectivity index (χ1v) is 8.13. The van der Waals surface area contributed by atoms with E-state index in [9.17, 15) is 14.4 Å². The number of furan rings is 1. The number of ketones is 1. The molecule has 1 fully saturated rings. The number of hydrogen-bond acceptors (Lipinski definition) is 6. The Hall–Kier alpha value is -2.41. The lowest BCUT2D eigenvalue weighted by molar-refractivity contribution is -0.129. The van der Waals surface area contributed by atoms with Crippen LogP contribution in [-0.4, -0.2) is 23.8 Å². The van der Waals surface area contributed by atoms with Gasteiger partial charge in [0, 0.05) is 6.42 Å². The van der Waals surface area contributed by atoms with Crippen LogP contribution in [0.4, 0.5) is 5.00 Å². The van der Waals surface area contributed by atoms with Gasteiger partial charge < -0.3 is 14.5 Å². The maximum atomic E-state index is 12.1. The van der Waals surface area contributed by atoms with Crippen molar-refractivity contribution in [3.05, 3.63) is 41.2 Å². The predicted molar refractivity (Wildman–Crippen MR) is 83.7 cm³/mol. The van der Waals surface area contributed by atoms with Gasteiger partial charge in [-0.2, -0.15) is 0 Å². The number of nitrogens with one attached hydrogen (secondary N) is 1. The zero-order valence-electron chi connectivity index (χ0n) is 12.2. The molecule has 0 aromatic carbocycles. The largest absolute Gasteiger partial charge is 0.459 e. The second-order valence-electron chi connectivity index (χ2n) is 5.20. The summed E-state index contributed by atoms with van der Waals surface area (Å²) in [7, 11) is 0. The minimum absolute atomic E-state index is 0.0208. The molecule has 0 bridgehead atoms. The molecule has 120 valence electrons. The number of amides is 1.